The van der Waals surface area contributed by atoms with Gasteiger partial charge < -0.3 is 19.1 Å². The zero-order valence-electron chi connectivity index (χ0n) is 15.6. The summed E-state index contributed by atoms with van der Waals surface area (Å²) in [5, 5.41) is 0. The third-order valence-corrected chi connectivity index (χ3v) is 5.23. The summed E-state index contributed by atoms with van der Waals surface area (Å²) in [5.41, 5.74) is 1.68. The van der Waals surface area contributed by atoms with Crippen molar-refractivity contribution in [3.8, 4) is 17.2 Å². The minimum absolute atomic E-state index is 0.0311. The topological polar surface area (TPSA) is 48.0 Å². The second-order valence-electron chi connectivity index (χ2n) is 6.99. The molecule has 0 radical (unpaired) electrons. The summed E-state index contributed by atoms with van der Waals surface area (Å²) in [6.07, 6.45) is 4.44. The van der Waals surface area contributed by atoms with Crippen LogP contribution in [0, 0.1) is 0 Å². The summed E-state index contributed by atoms with van der Waals surface area (Å²) in [6.45, 7) is 3.28. The number of carbonyl (C=O) groups excluding carboxylic acids is 1. The molecule has 142 valence electrons. The van der Waals surface area contributed by atoms with Crippen molar-refractivity contribution in [3.05, 3.63) is 53.6 Å². The smallest absolute Gasteiger partial charge is 0.258 e. The Morgan fingerprint density at radius 2 is 1.89 bits per heavy atom. The summed E-state index contributed by atoms with van der Waals surface area (Å²) in [5.74, 6) is 2.20. The van der Waals surface area contributed by atoms with Crippen molar-refractivity contribution in [1.29, 1.82) is 0 Å². The van der Waals surface area contributed by atoms with E-state index in [-0.39, 0.29) is 18.7 Å². The van der Waals surface area contributed by atoms with E-state index in [1.54, 1.807) is 0 Å². The van der Waals surface area contributed by atoms with Gasteiger partial charge in [-0.15, -0.1) is 0 Å². The van der Waals surface area contributed by atoms with E-state index in [1.807, 2.05) is 54.3 Å². The molecule has 0 saturated heterocycles. The maximum absolute atomic E-state index is 13.5. The number of hydrogen-bond acceptors (Lipinski definition) is 4. The van der Waals surface area contributed by atoms with Crippen LogP contribution >= 0.6 is 0 Å². The van der Waals surface area contributed by atoms with Gasteiger partial charge in [-0.1, -0.05) is 31.0 Å². The second-order valence-corrected chi connectivity index (χ2v) is 6.99. The van der Waals surface area contributed by atoms with E-state index in [2.05, 4.69) is 0 Å². The van der Waals surface area contributed by atoms with E-state index in [0.29, 0.717) is 24.5 Å². The fraction of sp³-hybridized carbons (Fsp3) is 0.409. The lowest BCUT2D eigenvalue weighted by Crippen LogP contribution is -2.38. The zero-order chi connectivity index (χ0) is 18.6. The van der Waals surface area contributed by atoms with Crippen LogP contribution in [-0.4, -0.2) is 30.2 Å². The first-order valence-electron chi connectivity index (χ1n) is 9.67. The van der Waals surface area contributed by atoms with E-state index in [0.717, 1.165) is 29.9 Å². The van der Waals surface area contributed by atoms with Gasteiger partial charge in [-0.25, -0.2) is 0 Å². The van der Waals surface area contributed by atoms with E-state index < -0.39 is 0 Å². The van der Waals surface area contributed by atoms with Crippen LogP contribution in [0.3, 0.4) is 0 Å². The number of ether oxygens (including phenoxy) is 3. The molecule has 5 heteroatoms. The van der Waals surface area contributed by atoms with Crippen LogP contribution in [0.1, 0.15) is 48.5 Å². The fourth-order valence-electron chi connectivity index (χ4n) is 3.90. The monoisotopic (exact) mass is 367 g/mol. The summed E-state index contributed by atoms with van der Waals surface area (Å²) in [4.78, 5) is 15.5. The number of para-hydroxylation sites is 1. The van der Waals surface area contributed by atoms with Gasteiger partial charge in [0.2, 0.25) is 6.79 Å². The molecule has 1 fully saturated rings. The van der Waals surface area contributed by atoms with Gasteiger partial charge in [-0.3, -0.25) is 4.79 Å². The first-order chi connectivity index (χ1) is 13.3. The third-order valence-electron chi connectivity index (χ3n) is 5.23. The molecule has 2 aromatic carbocycles. The number of hydrogen-bond donors (Lipinski definition) is 0. The zero-order valence-corrected chi connectivity index (χ0v) is 15.6. The molecule has 1 aliphatic carbocycles. The molecule has 1 aliphatic heterocycles. The number of rotatable bonds is 6. The largest absolute Gasteiger partial charge is 0.493 e. The van der Waals surface area contributed by atoms with Crippen LogP contribution in [0.25, 0.3) is 0 Å². The lowest BCUT2D eigenvalue weighted by Gasteiger charge is -2.30. The molecule has 5 nitrogen and oxygen atoms in total. The van der Waals surface area contributed by atoms with Crippen LogP contribution in [-0.2, 0) is 6.54 Å². The Hall–Kier alpha value is -2.69. The highest BCUT2D eigenvalue weighted by molar-refractivity contribution is 5.97. The molecule has 27 heavy (non-hydrogen) atoms. The highest BCUT2D eigenvalue weighted by Crippen LogP contribution is 2.34. The predicted octanol–water partition coefficient (Wildman–Crippen LogP) is 4.40. The Bertz CT molecular complexity index is 814. The van der Waals surface area contributed by atoms with Gasteiger partial charge in [-0.2, -0.15) is 0 Å². The molecule has 0 atom stereocenters. The van der Waals surface area contributed by atoms with Crippen LogP contribution in [0.5, 0.6) is 17.2 Å². The molecule has 1 saturated carbocycles. The van der Waals surface area contributed by atoms with Gasteiger partial charge in [0.05, 0.1) is 12.2 Å². The average Bonchev–Trinajstić information content (AvgIpc) is 3.38. The van der Waals surface area contributed by atoms with Crippen molar-refractivity contribution in [3.63, 3.8) is 0 Å². The number of fused-ring (bicyclic) bond motifs is 1. The minimum Gasteiger partial charge on any atom is -0.493 e. The highest BCUT2D eigenvalue weighted by Gasteiger charge is 2.29. The molecule has 0 bridgehead atoms. The Balaban J connectivity index is 1.62. The van der Waals surface area contributed by atoms with Crippen LogP contribution in [0.2, 0.25) is 0 Å². The normalized spacial score (nSPS) is 15.7. The number of carbonyl (C=O) groups is 1. The molecular formula is C22H25NO4. The summed E-state index contributed by atoms with van der Waals surface area (Å²) in [6, 6.07) is 13.7. The van der Waals surface area contributed by atoms with Gasteiger partial charge in [-0.05, 0) is 49.6 Å². The lowest BCUT2D eigenvalue weighted by molar-refractivity contribution is 0.0660. The maximum atomic E-state index is 13.5. The minimum atomic E-state index is 0.0311. The van der Waals surface area contributed by atoms with Crippen molar-refractivity contribution in [2.75, 3.05) is 13.4 Å². The standard InChI is InChI=1S/C22H25NO4/c1-2-25-19-10-6-5-9-18(19)22(24)23(17-7-3-4-8-17)14-16-11-12-20-21(13-16)27-15-26-20/h5-6,9-13,17H,2-4,7-8,14-15H2,1H3. The second kappa shape index (κ2) is 7.91. The van der Waals surface area contributed by atoms with Gasteiger partial charge in [0.25, 0.3) is 5.91 Å². The molecular weight excluding hydrogens is 342 g/mol. The van der Waals surface area contributed by atoms with Gasteiger partial charge in [0, 0.05) is 12.6 Å². The molecule has 0 spiro atoms. The third kappa shape index (κ3) is 3.72. The van der Waals surface area contributed by atoms with Crippen LogP contribution in [0.15, 0.2) is 42.5 Å². The molecule has 0 aromatic heterocycles. The maximum Gasteiger partial charge on any atom is 0.258 e. The molecule has 2 aromatic rings. The quantitative estimate of drug-likeness (QED) is 0.759. The Labute approximate surface area is 159 Å². The lowest BCUT2D eigenvalue weighted by atomic mass is 10.1. The van der Waals surface area contributed by atoms with E-state index in [9.17, 15) is 4.79 Å². The number of benzene rings is 2. The van der Waals surface area contributed by atoms with E-state index >= 15 is 0 Å². The summed E-state index contributed by atoms with van der Waals surface area (Å²) in [7, 11) is 0. The Kier molecular flexibility index (Phi) is 5.19. The molecule has 4 rings (SSSR count). The van der Waals surface area contributed by atoms with Crippen molar-refractivity contribution in [1.82, 2.24) is 4.90 Å². The first-order valence-corrected chi connectivity index (χ1v) is 9.67. The molecule has 0 N–H and O–H groups in total. The van der Waals surface area contributed by atoms with Gasteiger partial charge >= 0.3 is 0 Å². The van der Waals surface area contributed by atoms with Crippen LogP contribution < -0.4 is 14.2 Å². The highest BCUT2D eigenvalue weighted by atomic mass is 16.7. The predicted molar refractivity (Wildman–Crippen MR) is 102 cm³/mol. The first kappa shape index (κ1) is 17.7. The summed E-state index contributed by atoms with van der Waals surface area (Å²) >= 11 is 0. The molecule has 1 amide bonds. The Morgan fingerprint density at radius 1 is 1.11 bits per heavy atom. The van der Waals surface area contributed by atoms with Gasteiger partial charge in [0.1, 0.15) is 5.75 Å². The SMILES string of the molecule is CCOc1ccccc1C(=O)N(Cc1ccc2c(c1)OCO2)C1CCCC1. The molecule has 1 heterocycles. The van der Waals surface area contributed by atoms with Crippen LogP contribution in [0.4, 0.5) is 0 Å². The van der Waals surface area contributed by atoms with Gasteiger partial charge in [0.15, 0.2) is 11.5 Å². The fourth-order valence-corrected chi connectivity index (χ4v) is 3.90. The van der Waals surface area contributed by atoms with E-state index in [1.165, 1.54) is 12.8 Å². The Morgan fingerprint density at radius 3 is 2.70 bits per heavy atom. The molecule has 0 unspecified atom stereocenters. The molecule has 2 aliphatic rings. The number of nitrogens with zero attached hydrogens (tertiary/aromatic N) is 1. The van der Waals surface area contributed by atoms with Crippen molar-refractivity contribution >= 4 is 5.91 Å². The van der Waals surface area contributed by atoms with Crippen molar-refractivity contribution < 1.29 is 19.0 Å². The average molecular weight is 367 g/mol. The van der Waals surface area contributed by atoms with Crippen molar-refractivity contribution in [2.24, 2.45) is 0 Å². The van der Waals surface area contributed by atoms with Crippen molar-refractivity contribution in [2.45, 2.75) is 45.2 Å². The van der Waals surface area contributed by atoms with E-state index in [4.69, 9.17) is 14.2 Å². The number of amides is 1. The summed E-state index contributed by atoms with van der Waals surface area (Å²) < 4.78 is 16.6.